The van der Waals surface area contributed by atoms with Crippen LogP contribution in [0.3, 0.4) is 0 Å². The van der Waals surface area contributed by atoms with E-state index in [4.69, 9.17) is 14.4 Å². The predicted octanol–water partition coefficient (Wildman–Crippen LogP) is 4.34. The Labute approximate surface area is 171 Å². The van der Waals surface area contributed by atoms with Crippen LogP contribution in [-0.4, -0.2) is 45.1 Å². The van der Waals surface area contributed by atoms with Crippen molar-refractivity contribution >= 4 is 28.5 Å². The van der Waals surface area contributed by atoms with Crippen molar-refractivity contribution in [2.45, 2.75) is 50.9 Å². The zero-order chi connectivity index (χ0) is 21.5. The third kappa shape index (κ3) is 3.93. The Morgan fingerprint density at radius 3 is 2.73 bits per heavy atom. The zero-order valence-corrected chi connectivity index (χ0v) is 16.3. The lowest BCUT2D eigenvalue weighted by Crippen LogP contribution is -2.40. The van der Waals surface area contributed by atoms with Gasteiger partial charge in [-0.2, -0.15) is 18.2 Å². The molecule has 30 heavy (non-hydrogen) atoms. The normalized spacial score (nSPS) is 18.9. The molecule has 2 aromatic rings. The molecule has 0 saturated carbocycles. The van der Waals surface area contributed by atoms with Crippen molar-refractivity contribution in [1.29, 1.82) is 0 Å². The Morgan fingerprint density at radius 1 is 1.27 bits per heavy atom. The van der Waals surface area contributed by atoms with Crippen molar-refractivity contribution in [1.82, 2.24) is 15.0 Å². The number of fused-ring (bicyclic) bond motifs is 1. The van der Waals surface area contributed by atoms with E-state index in [0.717, 1.165) is 29.7 Å². The van der Waals surface area contributed by atoms with Crippen molar-refractivity contribution in [2.75, 3.05) is 11.9 Å². The molecule has 2 N–H and O–H groups in total. The number of rotatable bonds is 3. The maximum Gasteiger partial charge on any atom is 0.507 e. The van der Waals surface area contributed by atoms with E-state index in [9.17, 15) is 22.8 Å². The van der Waals surface area contributed by atoms with Gasteiger partial charge in [0.15, 0.2) is 6.23 Å². The van der Waals surface area contributed by atoms with Crippen molar-refractivity contribution in [2.24, 2.45) is 0 Å². The molecule has 1 fully saturated rings. The fourth-order valence-electron chi connectivity index (χ4n) is 3.70. The zero-order valence-electron chi connectivity index (χ0n) is 15.5. The number of anilines is 1. The molecule has 0 radical (unpaired) electrons. The number of aromatic nitrogens is 2. The topological polar surface area (TPSA) is 118 Å². The van der Waals surface area contributed by atoms with E-state index in [1.807, 2.05) is 0 Å². The number of hydrogen-bond acceptors (Lipinski definition) is 7. The molecule has 0 aromatic carbocycles. The monoisotopic (exact) mass is 446 g/mol. The van der Waals surface area contributed by atoms with Crippen LogP contribution in [0.5, 0.6) is 0 Å². The van der Waals surface area contributed by atoms with E-state index in [1.165, 1.54) is 16.2 Å². The molecule has 2 amide bonds. The number of hydrogen-bond donors (Lipinski definition) is 2. The van der Waals surface area contributed by atoms with Gasteiger partial charge in [-0.05, 0) is 37.7 Å². The number of aryl methyl sites for hydroxylation is 1. The molecule has 1 aliphatic carbocycles. The first-order valence-corrected chi connectivity index (χ1v) is 10.1. The highest BCUT2D eigenvalue weighted by Crippen LogP contribution is 2.44. The first kappa shape index (κ1) is 20.4. The molecule has 2 aromatic heterocycles. The predicted molar refractivity (Wildman–Crippen MR) is 97.1 cm³/mol. The van der Waals surface area contributed by atoms with E-state index >= 15 is 0 Å². The van der Waals surface area contributed by atoms with Crippen LogP contribution in [0, 0.1) is 0 Å². The minimum atomic E-state index is -4.75. The van der Waals surface area contributed by atoms with Crippen LogP contribution in [-0.2, 0) is 23.8 Å². The molecule has 1 atom stereocenters. The number of carbonyl (C=O) groups excluding carboxylic acids is 1. The van der Waals surface area contributed by atoms with Crippen molar-refractivity contribution in [3.63, 3.8) is 0 Å². The van der Waals surface area contributed by atoms with Gasteiger partial charge in [-0.15, -0.1) is 11.3 Å². The summed E-state index contributed by atoms with van der Waals surface area (Å²) < 4.78 is 48.4. The molecular formula is C17H17F3N4O5S. The molecule has 2 aliphatic rings. The summed E-state index contributed by atoms with van der Waals surface area (Å²) in [5, 5.41) is 14.8. The summed E-state index contributed by atoms with van der Waals surface area (Å²) in [5.41, 5.74) is 1.08. The van der Waals surface area contributed by atoms with E-state index in [2.05, 4.69) is 15.5 Å². The van der Waals surface area contributed by atoms with Crippen LogP contribution in [0.1, 0.15) is 41.9 Å². The summed E-state index contributed by atoms with van der Waals surface area (Å²) in [6.45, 7) is 0.295. The average molecular weight is 446 g/mol. The van der Waals surface area contributed by atoms with Crippen LogP contribution in [0.25, 0.3) is 11.5 Å². The summed E-state index contributed by atoms with van der Waals surface area (Å²) in [6.07, 6.45) is -3.09. The number of nitrogens with one attached hydrogen (secondary N) is 1. The van der Waals surface area contributed by atoms with Gasteiger partial charge in [-0.25, -0.2) is 9.59 Å². The first-order chi connectivity index (χ1) is 14.2. The number of nitrogens with zero attached hydrogens (tertiary/aromatic N) is 3. The Balaban J connectivity index is 1.65. The average Bonchev–Trinajstić information content (AvgIpc) is 3.37. The van der Waals surface area contributed by atoms with Gasteiger partial charge in [0.25, 0.3) is 11.7 Å². The van der Waals surface area contributed by atoms with E-state index in [-0.39, 0.29) is 5.89 Å². The summed E-state index contributed by atoms with van der Waals surface area (Å²) in [5.74, 6) is -1.70. The number of urea groups is 1. The molecule has 4 rings (SSSR count). The lowest BCUT2D eigenvalue weighted by atomic mass is 9.95. The number of amides is 2. The smallest absolute Gasteiger partial charge is 0.450 e. The van der Waals surface area contributed by atoms with E-state index in [0.29, 0.717) is 36.4 Å². The molecular weight excluding hydrogens is 429 g/mol. The van der Waals surface area contributed by atoms with Gasteiger partial charge in [0.2, 0.25) is 0 Å². The number of likely N-dealkylation sites (tertiary alicyclic amines) is 1. The van der Waals surface area contributed by atoms with Crippen molar-refractivity contribution in [3.8, 4) is 11.5 Å². The Kier molecular flexibility index (Phi) is 5.30. The fraction of sp³-hybridized carbons (Fsp3) is 0.529. The van der Waals surface area contributed by atoms with Gasteiger partial charge < -0.3 is 14.4 Å². The van der Waals surface area contributed by atoms with Crippen LogP contribution >= 0.6 is 11.3 Å². The Hall–Kier alpha value is -2.83. The molecule has 1 aliphatic heterocycles. The number of ether oxygens (including phenoxy) is 1. The summed E-state index contributed by atoms with van der Waals surface area (Å²) >= 11 is 1.25. The maximum atomic E-state index is 12.9. The quantitative estimate of drug-likeness (QED) is 0.673. The van der Waals surface area contributed by atoms with Crippen LogP contribution in [0.15, 0.2) is 4.52 Å². The highest BCUT2D eigenvalue weighted by atomic mass is 32.1. The second-order valence-electron chi connectivity index (χ2n) is 6.94. The maximum absolute atomic E-state index is 12.9. The van der Waals surface area contributed by atoms with Crippen LogP contribution in [0.4, 0.5) is 27.8 Å². The molecule has 13 heteroatoms. The Morgan fingerprint density at radius 2 is 2.03 bits per heavy atom. The van der Waals surface area contributed by atoms with Gasteiger partial charge in [0.1, 0.15) is 5.00 Å². The van der Waals surface area contributed by atoms with Gasteiger partial charge in [-0.3, -0.25) is 10.2 Å². The fourth-order valence-corrected chi connectivity index (χ4v) is 4.97. The molecule has 1 saturated heterocycles. The first-order valence-electron chi connectivity index (χ1n) is 9.27. The largest absolute Gasteiger partial charge is 0.507 e. The molecule has 9 nitrogen and oxygen atoms in total. The number of alkyl halides is 3. The van der Waals surface area contributed by atoms with Gasteiger partial charge in [-0.1, -0.05) is 5.16 Å². The molecule has 3 heterocycles. The number of thiophene rings is 1. The summed E-state index contributed by atoms with van der Waals surface area (Å²) in [4.78, 5) is 29.3. The lowest BCUT2D eigenvalue weighted by Gasteiger charge is -2.23. The number of carbonyl (C=O) groups is 2. The lowest BCUT2D eigenvalue weighted by molar-refractivity contribution is -0.146. The summed E-state index contributed by atoms with van der Waals surface area (Å²) in [6, 6.07) is -0.603. The summed E-state index contributed by atoms with van der Waals surface area (Å²) in [7, 11) is 0. The molecule has 0 spiro atoms. The minimum absolute atomic E-state index is 0.293. The van der Waals surface area contributed by atoms with Crippen LogP contribution in [0.2, 0.25) is 0 Å². The Bertz CT molecular complexity index is 973. The third-order valence-electron chi connectivity index (χ3n) is 4.98. The van der Waals surface area contributed by atoms with Gasteiger partial charge >= 0.3 is 18.4 Å². The van der Waals surface area contributed by atoms with Gasteiger partial charge in [0.05, 0.1) is 5.56 Å². The SMILES string of the molecule is O=C(O)O[C@@H]1CCCN1C(=O)Nc1sc2c(c1-c1nc(C(F)(F)F)no1)CCCC2. The van der Waals surface area contributed by atoms with E-state index in [1.54, 1.807) is 0 Å². The van der Waals surface area contributed by atoms with Gasteiger partial charge in [0, 0.05) is 17.8 Å². The standard InChI is InChI=1S/C17H17F3N4O5S/c18-17(19,20)14-21-12(29-23-14)11-8-4-1-2-5-9(8)30-13(11)22-15(25)24-7-3-6-10(24)28-16(26)27/h10H,1-7H2,(H,22,25)(H,26,27)/t10-/m1/s1. The number of halogens is 3. The van der Waals surface area contributed by atoms with E-state index < -0.39 is 30.4 Å². The second-order valence-corrected chi connectivity index (χ2v) is 8.05. The van der Waals surface area contributed by atoms with Crippen molar-refractivity contribution < 1.29 is 37.1 Å². The second kappa shape index (κ2) is 7.78. The van der Waals surface area contributed by atoms with Crippen molar-refractivity contribution in [3.05, 3.63) is 16.3 Å². The highest BCUT2D eigenvalue weighted by molar-refractivity contribution is 7.17. The number of carboxylic acid groups (broad SMARTS) is 1. The van der Waals surface area contributed by atoms with Crippen LogP contribution < -0.4 is 5.32 Å². The molecule has 162 valence electrons. The third-order valence-corrected chi connectivity index (χ3v) is 6.19. The molecule has 0 unspecified atom stereocenters. The highest BCUT2D eigenvalue weighted by Gasteiger charge is 2.39. The minimum Gasteiger partial charge on any atom is -0.450 e. The molecule has 0 bridgehead atoms.